The number of fused-ring (bicyclic) bond motifs is 7. The summed E-state index contributed by atoms with van der Waals surface area (Å²) >= 11 is 26.1. The summed E-state index contributed by atoms with van der Waals surface area (Å²) in [6, 6.07) is 8.02. The Balaban J connectivity index is 2.10. The van der Waals surface area contributed by atoms with Gasteiger partial charge in [0.05, 0.1) is 10.1 Å². The maximum absolute atomic E-state index is 12.9. The van der Waals surface area contributed by atoms with Crippen molar-refractivity contribution in [1.82, 2.24) is 0 Å². The first kappa shape index (κ1) is 14.4. The fraction of sp³-hybridized carbons (Fsp3) is 0.438. The normalized spacial score (nSPS) is 42.5. The van der Waals surface area contributed by atoms with Crippen molar-refractivity contribution < 1.29 is 4.79 Å². The second-order valence-electron chi connectivity index (χ2n) is 6.64. The molecule has 3 aliphatic rings. The Labute approximate surface area is 143 Å². The summed E-state index contributed by atoms with van der Waals surface area (Å²) in [6.45, 7) is 4.18. The molecule has 0 N–H and O–H groups in total. The predicted octanol–water partition coefficient (Wildman–Crippen LogP) is 4.92. The van der Waals surface area contributed by atoms with E-state index in [1.165, 1.54) is 5.56 Å². The Hall–Kier alpha value is -0.210. The summed E-state index contributed by atoms with van der Waals surface area (Å²) in [5, 5.41) is 0.396. The van der Waals surface area contributed by atoms with Crippen molar-refractivity contribution in [3.63, 3.8) is 0 Å². The minimum atomic E-state index is -1.32. The second-order valence-corrected chi connectivity index (χ2v) is 8.59. The molecule has 4 rings (SSSR count). The van der Waals surface area contributed by atoms with Crippen molar-refractivity contribution >= 4 is 52.2 Å². The molecule has 4 atom stereocenters. The van der Waals surface area contributed by atoms with E-state index >= 15 is 0 Å². The number of rotatable bonds is 0. The number of alkyl halides is 2. The third-order valence-corrected chi connectivity index (χ3v) is 7.91. The molecule has 1 fully saturated rings. The van der Waals surface area contributed by atoms with E-state index in [0.29, 0.717) is 0 Å². The summed E-state index contributed by atoms with van der Waals surface area (Å²) in [5.74, 6) is -0.694. The average Bonchev–Trinajstić information content (AvgIpc) is 2.86. The highest BCUT2D eigenvalue weighted by atomic mass is 35.5. The number of Topliss-reactive ketones (excluding diaryl/α,β-unsaturated/α-hetero) is 1. The van der Waals surface area contributed by atoms with E-state index in [2.05, 4.69) is 19.9 Å². The van der Waals surface area contributed by atoms with Crippen LogP contribution in [0.4, 0.5) is 0 Å². The zero-order valence-corrected chi connectivity index (χ0v) is 14.4. The molecular weight excluding hydrogens is 350 g/mol. The molecule has 110 valence electrons. The number of benzene rings is 1. The first-order valence-electron chi connectivity index (χ1n) is 6.78. The molecule has 2 bridgehead atoms. The molecule has 0 amide bonds. The van der Waals surface area contributed by atoms with Crippen LogP contribution in [-0.4, -0.2) is 15.5 Å². The van der Waals surface area contributed by atoms with Gasteiger partial charge in [0, 0.05) is 11.8 Å². The molecule has 0 spiro atoms. The standard InChI is InChI=1S/C16H12Cl4O/c1-14(2)8-6-4-3-5-7(8)9-10(14)16(20)12(18)11(17)15(9,19)13(16)21/h3-6,9-10H,1-2H3. The van der Waals surface area contributed by atoms with Crippen molar-refractivity contribution in [2.75, 3.05) is 0 Å². The van der Waals surface area contributed by atoms with Crippen LogP contribution in [0, 0.1) is 5.92 Å². The van der Waals surface area contributed by atoms with Crippen LogP contribution < -0.4 is 0 Å². The Morgan fingerprint density at radius 1 is 1.00 bits per heavy atom. The van der Waals surface area contributed by atoms with Gasteiger partial charge >= 0.3 is 0 Å². The van der Waals surface area contributed by atoms with Gasteiger partial charge in [0.15, 0.2) is 5.78 Å². The minimum Gasteiger partial charge on any atom is -0.295 e. The molecule has 0 radical (unpaired) electrons. The quantitative estimate of drug-likeness (QED) is 0.599. The van der Waals surface area contributed by atoms with E-state index in [1.807, 2.05) is 18.2 Å². The molecule has 0 heterocycles. The van der Waals surface area contributed by atoms with E-state index in [9.17, 15) is 4.79 Å². The monoisotopic (exact) mass is 360 g/mol. The minimum absolute atomic E-state index is 0.191. The van der Waals surface area contributed by atoms with Crippen LogP contribution >= 0.6 is 46.4 Å². The van der Waals surface area contributed by atoms with Gasteiger partial charge in [-0.1, -0.05) is 61.3 Å². The molecule has 1 nitrogen and oxygen atoms in total. The second kappa shape index (κ2) is 3.82. The zero-order valence-electron chi connectivity index (χ0n) is 11.4. The van der Waals surface area contributed by atoms with Gasteiger partial charge in [-0.25, -0.2) is 0 Å². The Morgan fingerprint density at radius 3 is 2.24 bits per heavy atom. The van der Waals surface area contributed by atoms with Crippen LogP contribution in [0.1, 0.15) is 30.9 Å². The summed E-state index contributed by atoms with van der Waals surface area (Å²) in [4.78, 5) is 10.2. The van der Waals surface area contributed by atoms with Gasteiger partial charge in [0.25, 0.3) is 0 Å². The molecule has 1 aromatic rings. The van der Waals surface area contributed by atoms with Gasteiger partial charge < -0.3 is 0 Å². The number of halogens is 4. The SMILES string of the molecule is CC1(C)c2ccccc2C2C1C1(Cl)C(=O)C2(Cl)C(Cl)=C1Cl. The summed E-state index contributed by atoms with van der Waals surface area (Å²) in [5.41, 5.74) is 1.92. The van der Waals surface area contributed by atoms with Crippen molar-refractivity contribution in [2.45, 2.75) is 34.9 Å². The molecule has 3 aliphatic carbocycles. The molecule has 0 aliphatic heterocycles. The number of carbonyl (C=O) groups excluding carboxylic acids is 1. The number of carbonyl (C=O) groups is 1. The highest BCUT2D eigenvalue weighted by Crippen LogP contribution is 2.75. The fourth-order valence-electron chi connectivity index (χ4n) is 4.63. The summed E-state index contributed by atoms with van der Waals surface area (Å²) in [6.07, 6.45) is 0. The van der Waals surface area contributed by atoms with Gasteiger partial charge in [-0.3, -0.25) is 4.79 Å². The number of allylic oxidation sites excluding steroid dienone is 2. The Kier molecular flexibility index (Phi) is 2.61. The summed E-state index contributed by atoms with van der Waals surface area (Å²) in [7, 11) is 0. The third-order valence-electron chi connectivity index (χ3n) is 5.45. The number of hydrogen-bond acceptors (Lipinski definition) is 1. The van der Waals surface area contributed by atoms with Gasteiger partial charge in [-0.15, -0.1) is 23.2 Å². The lowest BCUT2D eigenvalue weighted by atomic mass is 9.70. The van der Waals surface area contributed by atoms with Gasteiger partial charge in [-0.2, -0.15) is 0 Å². The van der Waals surface area contributed by atoms with Crippen LogP contribution in [0.5, 0.6) is 0 Å². The van der Waals surface area contributed by atoms with E-state index in [-0.39, 0.29) is 33.1 Å². The van der Waals surface area contributed by atoms with Crippen molar-refractivity contribution in [1.29, 1.82) is 0 Å². The highest BCUT2D eigenvalue weighted by molar-refractivity contribution is 6.63. The lowest BCUT2D eigenvalue weighted by Crippen LogP contribution is -2.42. The van der Waals surface area contributed by atoms with Gasteiger partial charge in [0.1, 0.15) is 9.75 Å². The average molecular weight is 362 g/mol. The van der Waals surface area contributed by atoms with Crippen LogP contribution in [0.25, 0.3) is 0 Å². The molecule has 0 aromatic heterocycles. The molecular formula is C16H12Cl4O. The molecule has 0 saturated heterocycles. The predicted molar refractivity (Wildman–Crippen MR) is 86.6 cm³/mol. The van der Waals surface area contributed by atoms with E-state index in [4.69, 9.17) is 46.4 Å². The number of ketones is 1. The molecule has 5 heteroatoms. The number of hydrogen-bond donors (Lipinski definition) is 0. The van der Waals surface area contributed by atoms with Crippen molar-refractivity contribution in [2.24, 2.45) is 5.92 Å². The Morgan fingerprint density at radius 2 is 1.57 bits per heavy atom. The van der Waals surface area contributed by atoms with Gasteiger partial charge in [0.2, 0.25) is 0 Å². The fourth-order valence-corrected chi connectivity index (χ4v) is 6.61. The highest BCUT2D eigenvalue weighted by Gasteiger charge is 2.79. The van der Waals surface area contributed by atoms with Crippen LogP contribution in [0.2, 0.25) is 0 Å². The lowest BCUT2D eigenvalue weighted by Gasteiger charge is -2.38. The maximum atomic E-state index is 12.9. The lowest BCUT2D eigenvalue weighted by molar-refractivity contribution is -0.119. The first-order chi connectivity index (χ1) is 9.69. The van der Waals surface area contributed by atoms with Crippen LogP contribution in [0.15, 0.2) is 34.3 Å². The molecule has 1 aromatic carbocycles. The Bertz CT molecular complexity index is 738. The zero-order chi connectivity index (χ0) is 15.4. The topological polar surface area (TPSA) is 17.1 Å². The van der Waals surface area contributed by atoms with Crippen molar-refractivity contribution in [3.05, 3.63) is 45.5 Å². The largest absolute Gasteiger partial charge is 0.295 e. The van der Waals surface area contributed by atoms with E-state index in [1.54, 1.807) is 0 Å². The smallest absolute Gasteiger partial charge is 0.186 e. The van der Waals surface area contributed by atoms with E-state index in [0.717, 1.165) is 5.56 Å². The molecule has 21 heavy (non-hydrogen) atoms. The van der Waals surface area contributed by atoms with Crippen LogP contribution in [0.3, 0.4) is 0 Å². The third kappa shape index (κ3) is 1.25. The first-order valence-corrected chi connectivity index (χ1v) is 8.29. The van der Waals surface area contributed by atoms with Crippen molar-refractivity contribution in [3.8, 4) is 0 Å². The van der Waals surface area contributed by atoms with Crippen LogP contribution in [-0.2, 0) is 10.2 Å². The molecule has 4 unspecified atom stereocenters. The molecule has 1 saturated carbocycles. The summed E-state index contributed by atoms with van der Waals surface area (Å²) < 4.78 is 0. The van der Waals surface area contributed by atoms with E-state index < -0.39 is 9.75 Å². The maximum Gasteiger partial charge on any atom is 0.186 e. The van der Waals surface area contributed by atoms with Gasteiger partial charge in [-0.05, 0) is 16.5 Å².